The molecule has 1 unspecified atom stereocenters. The number of halogens is 1. The zero-order chi connectivity index (χ0) is 24.9. The number of hydrogen-bond donors (Lipinski definition) is 0. The van der Waals surface area contributed by atoms with Gasteiger partial charge in [-0.3, -0.25) is 9.59 Å². The van der Waals surface area contributed by atoms with Crippen LogP contribution >= 0.6 is 0 Å². The first-order valence-corrected chi connectivity index (χ1v) is 11.2. The Balaban J connectivity index is 1.71. The van der Waals surface area contributed by atoms with Crippen molar-refractivity contribution in [3.8, 4) is 5.75 Å². The Hall–Kier alpha value is -3.42. The van der Waals surface area contributed by atoms with Crippen LogP contribution in [0.4, 0.5) is 9.18 Å². The highest BCUT2D eigenvalue weighted by Crippen LogP contribution is 2.28. The van der Waals surface area contributed by atoms with Crippen LogP contribution in [-0.4, -0.2) is 48.5 Å². The molecule has 8 heteroatoms. The number of rotatable bonds is 6. The number of nitrogens with zero attached hydrogens (tertiary/aromatic N) is 1. The summed E-state index contributed by atoms with van der Waals surface area (Å²) in [5.74, 6) is -1.29. The van der Waals surface area contributed by atoms with Crippen LogP contribution < -0.4 is 4.74 Å². The van der Waals surface area contributed by atoms with E-state index >= 15 is 0 Å². The number of hydrogen-bond acceptors (Lipinski definition) is 6. The molecular weight excluding hydrogens is 441 g/mol. The van der Waals surface area contributed by atoms with Crippen molar-refractivity contribution in [2.24, 2.45) is 5.92 Å². The smallest absolute Gasteiger partial charge is 0.410 e. The van der Waals surface area contributed by atoms with E-state index < -0.39 is 41.3 Å². The molecule has 1 heterocycles. The fourth-order valence-electron chi connectivity index (χ4n) is 3.65. The van der Waals surface area contributed by atoms with E-state index in [1.165, 1.54) is 31.4 Å². The number of benzene rings is 2. The third kappa shape index (κ3) is 6.56. The fraction of sp³-hybridized carbons (Fsp3) is 0.423. The summed E-state index contributed by atoms with van der Waals surface area (Å²) in [7, 11) is 1.52. The quantitative estimate of drug-likeness (QED) is 0.438. The lowest BCUT2D eigenvalue weighted by Crippen LogP contribution is -2.43. The van der Waals surface area contributed by atoms with Gasteiger partial charge in [-0.15, -0.1) is 0 Å². The van der Waals surface area contributed by atoms with Crippen LogP contribution in [0.15, 0.2) is 48.5 Å². The zero-order valence-electron chi connectivity index (χ0n) is 19.9. The van der Waals surface area contributed by atoms with Crippen LogP contribution in [0.1, 0.15) is 55.6 Å². The molecule has 1 aliphatic heterocycles. The summed E-state index contributed by atoms with van der Waals surface area (Å²) >= 11 is 0. The maximum atomic E-state index is 13.5. The number of ketones is 1. The van der Waals surface area contributed by atoms with Gasteiger partial charge in [0, 0.05) is 24.2 Å². The summed E-state index contributed by atoms with van der Waals surface area (Å²) in [6.45, 7) is 6.09. The number of methoxy groups -OCH3 is 1. The number of ether oxygens (including phenoxy) is 3. The Labute approximate surface area is 198 Å². The van der Waals surface area contributed by atoms with E-state index in [9.17, 15) is 18.8 Å². The van der Waals surface area contributed by atoms with Gasteiger partial charge in [-0.25, -0.2) is 9.18 Å². The first-order chi connectivity index (χ1) is 16.1. The number of likely N-dealkylation sites (tertiary alicyclic amines) is 1. The average Bonchev–Trinajstić information content (AvgIpc) is 2.81. The van der Waals surface area contributed by atoms with Gasteiger partial charge in [0.15, 0.2) is 6.10 Å². The molecule has 0 saturated carbocycles. The van der Waals surface area contributed by atoms with Gasteiger partial charge < -0.3 is 19.1 Å². The first-order valence-electron chi connectivity index (χ1n) is 11.2. The predicted octanol–water partition coefficient (Wildman–Crippen LogP) is 4.95. The monoisotopic (exact) mass is 471 g/mol. The summed E-state index contributed by atoms with van der Waals surface area (Å²) < 4.78 is 29.7. The molecule has 34 heavy (non-hydrogen) atoms. The van der Waals surface area contributed by atoms with Gasteiger partial charge in [0.05, 0.1) is 13.0 Å². The molecule has 0 aliphatic carbocycles. The van der Waals surface area contributed by atoms with Gasteiger partial charge >= 0.3 is 12.1 Å². The molecule has 1 saturated heterocycles. The second-order valence-electron chi connectivity index (χ2n) is 9.20. The Kier molecular flexibility index (Phi) is 7.91. The minimum absolute atomic E-state index is 0.336. The zero-order valence-corrected chi connectivity index (χ0v) is 19.9. The molecule has 1 amide bonds. The molecule has 0 radical (unpaired) electrons. The molecule has 1 aliphatic rings. The summed E-state index contributed by atoms with van der Waals surface area (Å²) in [6.07, 6.45) is -0.848. The van der Waals surface area contributed by atoms with Crippen molar-refractivity contribution < 1.29 is 33.0 Å². The fourth-order valence-corrected chi connectivity index (χ4v) is 3.65. The number of amides is 1. The number of Topliss-reactive ketones (excluding diaryl/α,β-unsaturated/α-hetero) is 1. The lowest BCUT2D eigenvalue weighted by atomic mass is 9.96. The molecule has 3 rings (SSSR count). The van der Waals surface area contributed by atoms with Crippen LogP contribution in [-0.2, 0) is 14.3 Å². The van der Waals surface area contributed by atoms with E-state index in [4.69, 9.17) is 14.2 Å². The molecule has 2 aromatic carbocycles. The average molecular weight is 472 g/mol. The normalized spacial score (nSPS) is 15.4. The summed E-state index contributed by atoms with van der Waals surface area (Å²) in [4.78, 5) is 40.1. The van der Waals surface area contributed by atoms with Crippen molar-refractivity contribution in [2.45, 2.75) is 45.3 Å². The lowest BCUT2D eigenvalue weighted by Gasteiger charge is -2.33. The van der Waals surface area contributed by atoms with Gasteiger partial charge in [0.25, 0.3) is 0 Å². The first kappa shape index (κ1) is 25.2. The summed E-state index contributed by atoms with van der Waals surface area (Å²) in [6, 6.07) is 11.8. The molecule has 1 atom stereocenters. The topological polar surface area (TPSA) is 82.1 Å². The van der Waals surface area contributed by atoms with Gasteiger partial charge in [0.1, 0.15) is 17.2 Å². The molecule has 2 aromatic rings. The summed E-state index contributed by atoms with van der Waals surface area (Å²) in [5.41, 5.74) is 0.112. The number of esters is 1. The minimum atomic E-state index is -1.22. The van der Waals surface area contributed by atoms with Crippen molar-refractivity contribution in [1.29, 1.82) is 0 Å². The van der Waals surface area contributed by atoms with E-state index in [1.54, 1.807) is 49.9 Å². The van der Waals surface area contributed by atoms with Crippen LogP contribution in [0, 0.1) is 11.7 Å². The molecule has 0 aromatic heterocycles. The van der Waals surface area contributed by atoms with E-state index in [2.05, 4.69) is 0 Å². The van der Waals surface area contributed by atoms with Crippen LogP contribution in [0.5, 0.6) is 5.75 Å². The van der Waals surface area contributed by atoms with Crippen LogP contribution in [0.3, 0.4) is 0 Å². The Morgan fingerprint density at radius 2 is 1.56 bits per heavy atom. The van der Waals surface area contributed by atoms with E-state index in [1.807, 2.05) is 0 Å². The molecule has 0 spiro atoms. The molecule has 7 nitrogen and oxygen atoms in total. The third-order valence-corrected chi connectivity index (χ3v) is 5.50. The van der Waals surface area contributed by atoms with Crippen molar-refractivity contribution >= 4 is 17.8 Å². The third-order valence-electron chi connectivity index (χ3n) is 5.50. The highest BCUT2D eigenvalue weighted by Gasteiger charge is 2.34. The van der Waals surface area contributed by atoms with Crippen molar-refractivity contribution in [3.05, 3.63) is 65.5 Å². The van der Waals surface area contributed by atoms with Crippen molar-refractivity contribution in [1.82, 2.24) is 4.90 Å². The molecule has 1 fully saturated rings. The Morgan fingerprint density at radius 3 is 2.09 bits per heavy atom. The van der Waals surface area contributed by atoms with Gasteiger partial charge in [-0.1, -0.05) is 12.1 Å². The number of carbonyl (C=O) groups is 3. The van der Waals surface area contributed by atoms with Gasteiger partial charge in [0.2, 0.25) is 5.78 Å². The highest BCUT2D eigenvalue weighted by molar-refractivity contribution is 6.01. The largest absolute Gasteiger partial charge is 0.497 e. The van der Waals surface area contributed by atoms with E-state index in [0.717, 1.165) is 0 Å². The second-order valence-corrected chi connectivity index (χ2v) is 9.20. The number of piperidine rings is 1. The minimum Gasteiger partial charge on any atom is -0.497 e. The standard InChI is InChI=1S/C26H30FNO6/c1-26(2,3)34-25(31)28-15-13-19(14-16-28)24(30)33-23(18-5-9-20(27)10-6-18)22(29)17-7-11-21(32-4)12-8-17/h5-12,19,23H,13-16H2,1-4H3. The van der Waals surface area contributed by atoms with Gasteiger partial charge in [-0.2, -0.15) is 0 Å². The second kappa shape index (κ2) is 10.7. The maximum Gasteiger partial charge on any atom is 0.410 e. The van der Waals surface area contributed by atoms with Crippen molar-refractivity contribution in [3.63, 3.8) is 0 Å². The highest BCUT2D eigenvalue weighted by atomic mass is 19.1. The number of carbonyl (C=O) groups excluding carboxylic acids is 3. The molecule has 0 N–H and O–H groups in total. The summed E-state index contributed by atoms with van der Waals surface area (Å²) in [5, 5.41) is 0. The van der Waals surface area contributed by atoms with E-state index in [0.29, 0.717) is 42.8 Å². The molecule has 182 valence electrons. The van der Waals surface area contributed by atoms with Crippen molar-refractivity contribution in [2.75, 3.05) is 20.2 Å². The Bertz CT molecular complexity index is 1010. The lowest BCUT2D eigenvalue weighted by molar-refractivity contribution is -0.154. The predicted molar refractivity (Wildman–Crippen MR) is 123 cm³/mol. The molecule has 0 bridgehead atoms. The maximum absolute atomic E-state index is 13.5. The van der Waals surface area contributed by atoms with Crippen LogP contribution in [0.2, 0.25) is 0 Å². The Morgan fingerprint density at radius 1 is 0.971 bits per heavy atom. The molecular formula is C26H30FNO6. The van der Waals surface area contributed by atoms with Crippen LogP contribution in [0.25, 0.3) is 0 Å². The van der Waals surface area contributed by atoms with E-state index in [-0.39, 0.29) is 0 Å². The SMILES string of the molecule is COc1ccc(C(=O)C(OC(=O)C2CCN(C(=O)OC(C)(C)C)CC2)c2ccc(F)cc2)cc1. The van der Waals surface area contributed by atoms with Gasteiger partial charge in [-0.05, 0) is 70.0 Å².